The minimum absolute atomic E-state index is 0.165. The molecule has 2 heterocycles. The molecule has 1 atom stereocenters. The zero-order chi connectivity index (χ0) is 17.2. The Morgan fingerprint density at radius 3 is 2.78 bits per heavy atom. The van der Waals surface area contributed by atoms with Crippen molar-refractivity contribution in [2.75, 3.05) is 25.4 Å². The van der Waals surface area contributed by atoms with Crippen LogP contribution >= 0.6 is 0 Å². The van der Waals surface area contributed by atoms with Gasteiger partial charge in [0.1, 0.15) is 5.60 Å². The fourth-order valence-electron chi connectivity index (χ4n) is 2.33. The molecule has 1 amide bonds. The first-order chi connectivity index (χ1) is 10.7. The van der Waals surface area contributed by atoms with E-state index in [4.69, 9.17) is 10.5 Å². The van der Waals surface area contributed by atoms with Crippen LogP contribution in [0.4, 0.5) is 16.3 Å². The normalized spacial score (nSPS) is 18.6. The standard InChI is InChI=1S/C14H21N5O4/c1-14(2,3)23-13(20)18-7-6-16-8-11(18)9-4-5-10(19(21)22)12(15)17-9/h4-5,11,16H,6-8H2,1-3H3,(H2,15,17). The maximum absolute atomic E-state index is 12.4. The van der Waals surface area contributed by atoms with Crippen LogP contribution in [-0.4, -0.2) is 46.1 Å². The first-order valence-corrected chi connectivity index (χ1v) is 7.30. The van der Waals surface area contributed by atoms with Gasteiger partial charge in [-0.1, -0.05) is 0 Å². The van der Waals surface area contributed by atoms with Crippen LogP contribution < -0.4 is 11.1 Å². The van der Waals surface area contributed by atoms with Gasteiger partial charge in [0.25, 0.3) is 0 Å². The molecule has 23 heavy (non-hydrogen) atoms. The molecule has 1 aromatic rings. The highest BCUT2D eigenvalue weighted by Crippen LogP contribution is 2.27. The number of anilines is 1. The second-order valence-corrected chi connectivity index (χ2v) is 6.29. The summed E-state index contributed by atoms with van der Waals surface area (Å²) < 4.78 is 5.41. The van der Waals surface area contributed by atoms with E-state index in [1.165, 1.54) is 12.1 Å². The lowest BCUT2D eigenvalue weighted by atomic mass is 10.1. The smallest absolute Gasteiger partial charge is 0.410 e. The fourth-order valence-corrected chi connectivity index (χ4v) is 2.33. The summed E-state index contributed by atoms with van der Waals surface area (Å²) in [6, 6.07) is 2.44. The number of carbonyl (C=O) groups is 1. The van der Waals surface area contributed by atoms with Crippen molar-refractivity contribution in [3.05, 3.63) is 27.9 Å². The Balaban J connectivity index is 2.26. The molecule has 0 aliphatic carbocycles. The van der Waals surface area contributed by atoms with Gasteiger partial charge in [0.15, 0.2) is 0 Å². The number of nitrogens with two attached hydrogens (primary N) is 1. The minimum Gasteiger partial charge on any atom is -0.444 e. The topological polar surface area (TPSA) is 124 Å². The summed E-state index contributed by atoms with van der Waals surface area (Å²) in [5, 5.41) is 14.0. The molecule has 0 saturated carbocycles. The van der Waals surface area contributed by atoms with E-state index in [-0.39, 0.29) is 17.5 Å². The third-order valence-corrected chi connectivity index (χ3v) is 3.33. The molecule has 9 nitrogen and oxygen atoms in total. The first kappa shape index (κ1) is 16.9. The van der Waals surface area contributed by atoms with Gasteiger partial charge in [0.05, 0.1) is 16.7 Å². The van der Waals surface area contributed by atoms with Crippen molar-refractivity contribution in [3.63, 3.8) is 0 Å². The Bertz CT molecular complexity index is 614. The predicted octanol–water partition coefficient (Wildman–Crippen LogP) is 1.45. The van der Waals surface area contributed by atoms with Gasteiger partial charge in [-0.15, -0.1) is 0 Å². The van der Waals surface area contributed by atoms with Crippen molar-refractivity contribution in [1.82, 2.24) is 15.2 Å². The van der Waals surface area contributed by atoms with Crippen LogP contribution in [-0.2, 0) is 4.74 Å². The highest BCUT2D eigenvalue weighted by Gasteiger charge is 2.32. The number of nitro groups is 1. The van der Waals surface area contributed by atoms with Gasteiger partial charge in [-0.2, -0.15) is 0 Å². The van der Waals surface area contributed by atoms with Gasteiger partial charge in [0.2, 0.25) is 5.82 Å². The van der Waals surface area contributed by atoms with Crippen LogP contribution in [0, 0.1) is 10.1 Å². The molecule has 2 rings (SSSR count). The minimum atomic E-state index is -0.603. The number of hydrogen-bond donors (Lipinski definition) is 2. The molecule has 1 unspecified atom stereocenters. The van der Waals surface area contributed by atoms with Gasteiger partial charge in [-0.05, 0) is 26.8 Å². The number of hydrogen-bond acceptors (Lipinski definition) is 7. The molecule has 0 bridgehead atoms. The van der Waals surface area contributed by atoms with Crippen LogP contribution in [0.2, 0.25) is 0 Å². The molecule has 0 radical (unpaired) electrons. The van der Waals surface area contributed by atoms with Crippen molar-refractivity contribution in [2.45, 2.75) is 32.4 Å². The SMILES string of the molecule is CC(C)(C)OC(=O)N1CCNCC1c1ccc([N+](=O)[O-])c(N)n1. The van der Waals surface area contributed by atoms with E-state index in [0.717, 1.165) is 0 Å². The van der Waals surface area contributed by atoms with Gasteiger partial charge in [-0.3, -0.25) is 15.0 Å². The average molecular weight is 323 g/mol. The Morgan fingerprint density at radius 1 is 1.52 bits per heavy atom. The number of nitrogens with zero attached hydrogens (tertiary/aromatic N) is 3. The summed E-state index contributed by atoms with van der Waals surface area (Å²) in [5.41, 5.74) is 5.28. The lowest BCUT2D eigenvalue weighted by Gasteiger charge is -2.36. The Hall–Kier alpha value is -2.42. The summed E-state index contributed by atoms with van der Waals surface area (Å²) in [6.45, 7) is 6.96. The summed E-state index contributed by atoms with van der Waals surface area (Å²) in [4.78, 5) is 28.3. The zero-order valence-electron chi connectivity index (χ0n) is 13.4. The number of amides is 1. The Labute approximate surface area is 134 Å². The molecule has 126 valence electrons. The Morgan fingerprint density at radius 2 is 2.22 bits per heavy atom. The van der Waals surface area contributed by atoms with E-state index < -0.39 is 16.6 Å². The number of rotatable bonds is 2. The van der Waals surface area contributed by atoms with Crippen LogP contribution in [0.1, 0.15) is 32.5 Å². The average Bonchev–Trinajstić information content (AvgIpc) is 2.45. The number of piperazine rings is 1. The summed E-state index contributed by atoms with van der Waals surface area (Å²) in [5.74, 6) is -0.165. The Kier molecular flexibility index (Phi) is 4.69. The predicted molar refractivity (Wildman–Crippen MR) is 83.9 cm³/mol. The molecule has 9 heteroatoms. The molecule has 1 aromatic heterocycles. The van der Waals surface area contributed by atoms with E-state index in [1.807, 2.05) is 0 Å². The maximum atomic E-state index is 12.4. The van der Waals surface area contributed by atoms with Gasteiger partial charge >= 0.3 is 11.8 Å². The lowest BCUT2D eigenvalue weighted by Crippen LogP contribution is -2.50. The lowest BCUT2D eigenvalue weighted by molar-refractivity contribution is -0.384. The molecule has 0 spiro atoms. The van der Waals surface area contributed by atoms with Crippen molar-refractivity contribution in [1.29, 1.82) is 0 Å². The second-order valence-electron chi connectivity index (χ2n) is 6.29. The monoisotopic (exact) mass is 323 g/mol. The molecule has 3 N–H and O–H groups in total. The van der Waals surface area contributed by atoms with Crippen molar-refractivity contribution in [3.8, 4) is 0 Å². The first-order valence-electron chi connectivity index (χ1n) is 7.30. The summed E-state index contributed by atoms with van der Waals surface area (Å²) in [7, 11) is 0. The molecule has 1 saturated heterocycles. The number of nitrogen functional groups attached to an aromatic ring is 1. The second kappa shape index (κ2) is 6.37. The highest BCUT2D eigenvalue weighted by molar-refractivity contribution is 5.69. The summed E-state index contributed by atoms with van der Waals surface area (Å²) in [6.07, 6.45) is -0.442. The van der Waals surface area contributed by atoms with Gasteiger partial charge in [-0.25, -0.2) is 9.78 Å². The zero-order valence-corrected chi connectivity index (χ0v) is 13.4. The number of pyridine rings is 1. The van der Waals surface area contributed by atoms with E-state index in [1.54, 1.807) is 25.7 Å². The van der Waals surface area contributed by atoms with Crippen molar-refractivity contribution < 1.29 is 14.5 Å². The highest BCUT2D eigenvalue weighted by atomic mass is 16.6. The van der Waals surface area contributed by atoms with E-state index in [9.17, 15) is 14.9 Å². The van der Waals surface area contributed by atoms with Crippen LogP contribution in [0.5, 0.6) is 0 Å². The third kappa shape index (κ3) is 4.07. The van der Waals surface area contributed by atoms with Gasteiger partial charge in [0, 0.05) is 25.7 Å². The van der Waals surface area contributed by atoms with E-state index >= 15 is 0 Å². The molecule has 1 fully saturated rings. The third-order valence-electron chi connectivity index (χ3n) is 3.33. The molecular formula is C14H21N5O4. The largest absolute Gasteiger partial charge is 0.444 e. The summed E-state index contributed by atoms with van der Waals surface area (Å²) >= 11 is 0. The fraction of sp³-hybridized carbons (Fsp3) is 0.571. The van der Waals surface area contributed by atoms with E-state index in [0.29, 0.717) is 25.3 Å². The van der Waals surface area contributed by atoms with E-state index in [2.05, 4.69) is 10.3 Å². The molecular weight excluding hydrogens is 302 g/mol. The molecule has 0 aromatic carbocycles. The number of aromatic nitrogens is 1. The van der Waals surface area contributed by atoms with Crippen molar-refractivity contribution >= 4 is 17.6 Å². The number of nitrogens with one attached hydrogen (secondary N) is 1. The molecule has 1 aliphatic heterocycles. The number of ether oxygens (including phenoxy) is 1. The maximum Gasteiger partial charge on any atom is 0.410 e. The molecule has 1 aliphatic rings. The quantitative estimate of drug-likeness (QED) is 0.623. The van der Waals surface area contributed by atoms with Crippen molar-refractivity contribution in [2.24, 2.45) is 0 Å². The number of carbonyl (C=O) groups excluding carboxylic acids is 1. The van der Waals surface area contributed by atoms with Crippen LogP contribution in [0.15, 0.2) is 12.1 Å². The van der Waals surface area contributed by atoms with Gasteiger partial charge < -0.3 is 15.8 Å². The van der Waals surface area contributed by atoms with Crippen LogP contribution in [0.25, 0.3) is 0 Å². The van der Waals surface area contributed by atoms with Crippen LogP contribution in [0.3, 0.4) is 0 Å².